The molecule has 0 aliphatic heterocycles. The molecule has 0 radical (unpaired) electrons. The van der Waals surface area contributed by atoms with Crippen LogP contribution in [-0.2, 0) is 13.8 Å². The molecule has 0 N–H and O–H groups in total. The molecule has 1 unspecified atom stereocenters. The second kappa shape index (κ2) is 5.87. The number of fused-ring (bicyclic) bond motifs is 1. The lowest BCUT2D eigenvalue weighted by molar-refractivity contribution is -0.145. The Morgan fingerprint density at radius 3 is 2.65 bits per heavy atom. The first-order valence-corrected chi connectivity index (χ1v) is 6.19. The first-order valence-electron chi connectivity index (χ1n) is 5.88. The lowest BCUT2D eigenvalue weighted by Crippen LogP contribution is -2.34. The number of halogens is 1. The predicted molar refractivity (Wildman–Crippen MR) is 70.0 cm³/mol. The molecule has 20 heavy (non-hydrogen) atoms. The van der Waals surface area contributed by atoms with Gasteiger partial charge in [-0.1, -0.05) is 31.2 Å². The molecule has 1 aromatic heterocycles. The van der Waals surface area contributed by atoms with Crippen molar-refractivity contribution < 1.29 is 18.6 Å². The average molecular weight is 298 g/mol. The number of hydrogen-bond acceptors (Lipinski definition) is 6. The quantitative estimate of drug-likeness (QED) is 0.863. The van der Waals surface area contributed by atoms with Crippen LogP contribution in [-0.4, -0.2) is 33.2 Å². The van der Waals surface area contributed by atoms with Crippen LogP contribution < -0.4 is 0 Å². The van der Waals surface area contributed by atoms with E-state index in [4.69, 9.17) is 16.6 Å². The summed E-state index contributed by atoms with van der Waals surface area (Å²) in [4.78, 5) is 23.5. The molecule has 106 valence electrons. The number of carbonyl (C=O) groups excluding carboxylic acids is 2. The van der Waals surface area contributed by atoms with Gasteiger partial charge in [-0.25, -0.2) is 9.59 Å². The van der Waals surface area contributed by atoms with Crippen molar-refractivity contribution in [1.29, 1.82) is 0 Å². The Hall–Kier alpha value is -2.15. The average Bonchev–Trinajstić information content (AvgIpc) is 2.87. The summed E-state index contributed by atoms with van der Waals surface area (Å²) in [6.07, 6.45) is -1.93. The van der Waals surface area contributed by atoms with Crippen LogP contribution in [0.25, 0.3) is 11.0 Å². The fourth-order valence-electron chi connectivity index (χ4n) is 1.66. The van der Waals surface area contributed by atoms with Gasteiger partial charge in [-0.2, -0.15) is 0 Å². The Morgan fingerprint density at radius 2 is 2.00 bits per heavy atom. The van der Waals surface area contributed by atoms with E-state index in [2.05, 4.69) is 14.6 Å². The van der Waals surface area contributed by atoms with E-state index in [1.165, 1.54) is 0 Å². The molecular formula is C12H12ClN3O4. The monoisotopic (exact) mass is 297 g/mol. The summed E-state index contributed by atoms with van der Waals surface area (Å²) in [6, 6.07) is 6.89. The molecule has 7 nitrogen and oxygen atoms in total. The summed E-state index contributed by atoms with van der Waals surface area (Å²) < 4.78 is 10.1. The maximum atomic E-state index is 12.0. The molecule has 0 amide bonds. The first kappa shape index (κ1) is 14.3. The predicted octanol–water partition coefficient (Wildman–Crippen LogP) is 2.14. The van der Waals surface area contributed by atoms with E-state index in [9.17, 15) is 9.59 Å². The van der Waals surface area contributed by atoms with Crippen LogP contribution >= 0.6 is 11.9 Å². The molecule has 1 aromatic carbocycles. The molecule has 0 aliphatic carbocycles. The van der Waals surface area contributed by atoms with Crippen LogP contribution in [0.15, 0.2) is 24.3 Å². The minimum absolute atomic E-state index is 0.292. The second-order valence-corrected chi connectivity index (χ2v) is 4.59. The van der Waals surface area contributed by atoms with Crippen molar-refractivity contribution in [3.63, 3.8) is 0 Å². The fourth-order valence-corrected chi connectivity index (χ4v) is 1.75. The number of nitrogens with zero attached hydrogens (tertiary/aromatic N) is 3. The molecular weight excluding hydrogens is 286 g/mol. The Morgan fingerprint density at radius 1 is 1.30 bits per heavy atom. The summed E-state index contributed by atoms with van der Waals surface area (Å²) in [5.74, 6) is -1.13. The van der Waals surface area contributed by atoms with Gasteiger partial charge < -0.3 is 9.03 Å². The normalized spacial score (nSPS) is 12.4. The molecule has 0 bridgehead atoms. The molecule has 1 atom stereocenters. The van der Waals surface area contributed by atoms with Gasteiger partial charge >= 0.3 is 12.1 Å². The van der Waals surface area contributed by atoms with Crippen molar-refractivity contribution in [1.82, 2.24) is 15.0 Å². The van der Waals surface area contributed by atoms with E-state index in [1.807, 2.05) is 0 Å². The van der Waals surface area contributed by atoms with Crippen molar-refractivity contribution in [3.8, 4) is 0 Å². The number of rotatable bonds is 3. The first-order chi connectivity index (χ1) is 9.54. The van der Waals surface area contributed by atoms with Crippen molar-refractivity contribution in [2.24, 2.45) is 5.92 Å². The highest BCUT2D eigenvalue weighted by molar-refractivity contribution is 6.13. The number of aromatic nitrogens is 3. The van der Waals surface area contributed by atoms with Gasteiger partial charge in [-0.3, -0.25) is 0 Å². The summed E-state index contributed by atoms with van der Waals surface area (Å²) in [6.45, 7) is 3.40. The topological polar surface area (TPSA) is 83.3 Å². The third-order valence-electron chi connectivity index (χ3n) is 2.67. The van der Waals surface area contributed by atoms with Crippen molar-refractivity contribution >= 4 is 35.0 Å². The Balaban J connectivity index is 2.25. The van der Waals surface area contributed by atoms with Gasteiger partial charge in [-0.05, 0) is 12.1 Å². The molecule has 0 aliphatic rings. The lowest BCUT2D eigenvalue weighted by atomic mass is 10.1. The van der Waals surface area contributed by atoms with Gasteiger partial charge in [-0.15, -0.1) is 9.78 Å². The number of para-hydroxylation sites is 1. The smallest absolute Gasteiger partial charge is 0.432 e. The number of ether oxygens (including phenoxy) is 1. The summed E-state index contributed by atoms with van der Waals surface area (Å²) in [5.41, 5.74) is 1.03. The van der Waals surface area contributed by atoms with Gasteiger partial charge in [0.1, 0.15) is 22.9 Å². The molecule has 0 saturated carbocycles. The summed E-state index contributed by atoms with van der Waals surface area (Å²) in [5, 5.41) is 7.53. The van der Waals surface area contributed by atoms with Crippen molar-refractivity contribution in [3.05, 3.63) is 24.3 Å². The maximum Gasteiger partial charge on any atom is 0.437 e. The SMILES string of the molecule is CC(C)C(OC(=O)n1nnc2ccccc21)C(=O)OCl. The third kappa shape index (κ3) is 2.72. The number of hydrogen-bond donors (Lipinski definition) is 0. The highest BCUT2D eigenvalue weighted by atomic mass is 35.5. The van der Waals surface area contributed by atoms with E-state index in [1.54, 1.807) is 38.1 Å². The Labute approximate surface area is 119 Å². The Kier molecular flexibility index (Phi) is 4.19. The van der Waals surface area contributed by atoms with E-state index in [-0.39, 0.29) is 5.92 Å². The standard InChI is InChI=1S/C12H12ClN3O4/c1-7(2)10(11(17)20-13)19-12(18)16-9-6-4-3-5-8(9)14-15-16/h3-7,10H,1-2H3. The molecule has 0 fully saturated rings. The van der Waals surface area contributed by atoms with Crippen LogP contribution in [0.1, 0.15) is 13.8 Å². The molecule has 0 saturated heterocycles. The van der Waals surface area contributed by atoms with E-state index in [0.717, 1.165) is 4.68 Å². The van der Waals surface area contributed by atoms with Crippen LogP contribution in [0.3, 0.4) is 0 Å². The van der Waals surface area contributed by atoms with Crippen LogP contribution in [0.2, 0.25) is 0 Å². The highest BCUT2D eigenvalue weighted by Gasteiger charge is 2.29. The largest absolute Gasteiger partial charge is 0.437 e. The zero-order valence-electron chi connectivity index (χ0n) is 10.8. The highest BCUT2D eigenvalue weighted by Crippen LogP contribution is 2.14. The molecule has 1 heterocycles. The van der Waals surface area contributed by atoms with Crippen LogP contribution in [0, 0.1) is 5.92 Å². The molecule has 2 rings (SSSR count). The lowest BCUT2D eigenvalue weighted by Gasteiger charge is -2.17. The number of carbonyl (C=O) groups is 2. The maximum absolute atomic E-state index is 12.0. The van der Waals surface area contributed by atoms with E-state index >= 15 is 0 Å². The van der Waals surface area contributed by atoms with Gasteiger partial charge in [0, 0.05) is 5.92 Å². The van der Waals surface area contributed by atoms with Crippen LogP contribution in [0.4, 0.5) is 4.79 Å². The summed E-state index contributed by atoms with van der Waals surface area (Å²) in [7, 11) is 0. The zero-order valence-corrected chi connectivity index (χ0v) is 11.6. The summed E-state index contributed by atoms with van der Waals surface area (Å²) >= 11 is 5.02. The molecule has 8 heteroatoms. The minimum Gasteiger partial charge on any atom is -0.432 e. The fraction of sp³-hybridized carbons (Fsp3) is 0.333. The Bertz CT molecular complexity index is 640. The van der Waals surface area contributed by atoms with E-state index < -0.39 is 18.2 Å². The van der Waals surface area contributed by atoms with E-state index in [0.29, 0.717) is 11.0 Å². The van der Waals surface area contributed by atoms with Gasteiger partial charge in [0.05, 0.1) is 0 Å². The van der Waals surface area contributed by atoms with Gasteiger partial charge in [0.2, 0.25) is 6.10 Å². The number of benzene rings is 1. The van der Waals surface area contributed by atoms with Gasteiger partial charge in [0.25, 0.3) is 0 Å². The van der Waals surface area contributed by atoms with Gasteiger partial charge in [0.15, 0.2) is 0 Å². The zero-order chi connectivity index (χ0) is 14.7. The van der Waals surface area contributed by atoms with Crippen molar-refractivity contribution in [2.75, 3.05) is 0 Å². The second-order valence-electron chi connectivity index (χ2n) is 4.43. The van der Waals surface area contributed by atoms with Crippen LogP contribution in [0.5, 0.6) is 0 Å². The third-order valence-corrected chi connectivity index (χ3v) is 2.82. The minimum atomic E-state index is -1.11. The van der Waals surface area contributed by atoms with Crippen molar-refractivity contribution in [2.45, 2.75) is 20.0 Å². The molecule has 2 aromatic rings. The molecule has 0 spiro atoms.